The van der Waals surface area contributed by atoms with E-state index in [0.717, 1.165) is 0 Å². The van der Waals surface area contributed by atoms with Crippen LogP contribution in [0, 0.1) is 0 Å². The number of carboxylic acids is 1. The van der Waals surface area contributed by atoms with E-state index >= 15 is 0 Å². The summed E-state index contributed by atoms with van der Waals surface area (Å²) < 4.78 is 5.92. The van der Waals surface area contributed by atoms with Crippen LogP contribution in [0.4, 0.5) is 0 Å². The van der Waals surface area contributed by atoms with Gasteiger partial charge in [-0.15, -0.1) is 0 Å². The average Bonchev–Trinajstić information content (AvgIpc) is 2.72. The molecule has 5 nitrogen and oxygen atoms in total. The maximum atomic E-state index is 10.9. The Kier molecular flexibility index (Phi) is 3.52. The molecule has 5 heteroatoms. The number of carboxylic acid groups (broad SMARTS) is 1. The molecule has 1 aliphatic rings. The highest BCUT2D eigenvalue weighted by atomic mass is 16.5. The van der Waals surface area contributed by atoms with E-state index in [4.69, 9.17) is 9.84 Å². The molecule has 1 aromatic carbocycles. The number of benzene rings is 1. The molecule has 0 spiro atoms. The fourth-order valence-electron chi connectivity index (χ4n) is 2.65. The van der Waals surface area contributed by atoms with E-state index in [1.807, 2.05) is 6.92 Å². The van der Waals surface area contributed by atoms with Gasteiger partial charge in [-0.2, -0.15) is 0 Å². The first-order valence-corrected chi connectivity index (χ1v) is 6.60. The number of hydrogen-bond acceptors (Lipinski definition) is 4. The lowest BCUT2D eigenvalue weighted by Crippen LogP contribution is -2.37. The lowest BCUT2D eigenvalue weighted by atomic mass is 9.90. The second-order valence-corrected chi connectivity index (χ2v) is 6.07. The van der Waals surface area contributed by atoms with Crippen LogP contribution >= 0.6 is 0 Å². The van der Waals surface area contributed by atoms with Gasteiger partial charge in [-0.3, -0.25) is 0 Å². The summed E-state index contributed by atoms with van der Waals surface area (Å²) in [5.74, 6) is -1.18. The molecule has 3 N–H and O–H groups in total. The van der Waals surface area contributed by atoms with Crippen LogP contribution in [0.1, 0.15) is 49.5 Å². The predicted octanol–water partition coefficient (Wildman–Crippen LogP) is 2.26. The van der Waals surface area contributed by atoms with E-state index in [1.54, 1.807) is 19.9 Å². The van der Waals surface area contributed by atoms with Crippen LogP contribution in [0.5, 0.6) is 5.75 Å². The number of phenolic OH excluding ortho intramolecular Hbond substituents is 1. The molecule has 0 amide bonds. The van der Waals surface area contributed by atoms with Gasteiger partial charge in [-0.05, 0) is 45.7 Å². The molecule has 2 rings (SSSR count). The summed E-state index contributed by atoms with van der Waals surface area (Å²) in [6.07, 6.45) is 1.02. The van der Waals surface area contributed by atoms with Crippen molar-refractivity contribution in [3.8, 4) is 5.75 Å². The molecular formula is C15H20O5. The summed E-state index contributed by atoms with van der Waals surface area (Å²) in [6, 6.07) is 4.25. The highest BCUT2D eigenvalue weighted by Crippen LogP contribution is 2.45. The summed E-state index contributed by atoms with van der Waals surface area (Å²) >= 11 is 0. The summed E-state index contributed by atoms with van der Waals surface area (Å²) in [5.41, 5.74) is -1.08. The fourth-order valence-corrected chi connectivity index (χ4v) is 2.65. The van der Waals surface area contributed by atoms with Gasteiger partial charge in [-0.25, -0.2) is 4.79 Å². The molecule has 1 fully saturated rings. The number of aromatic carboxylic acids is 1. The minimum absolute atomic E-state index is 0.0342. The smallest absolute Gasteiger partial charge is 0.335 e. The Morgan fingerprint density at radius 3 is 2.55 bits per heavy atom. The number of ether oxygens (including phenoxy) is 1. The Balaban J connectivity index is 2.30. The highest BCUT2D eigenvalue weighted by molar-refractivity contribution is 5.88. The molecule has 1 aromatic rings. The van der Waals surface area contributed by atoms with Crippen molar-refractivity contribution in [3.05, 3.63) is 29.3 Å². The fraction of sp³-hybridized carbons (Fsp3) is 0.533. The van der Waals surface area contributed by atoms with E-state index in [-0.39, 0.29) is 17.4 Å². The largest absolute Gasteiger partial charge is 0.508 e. The average molecular weight is 280 g/mol. The summed E-state index contributed by atoms with van der Waals surface area (Å²) in [5, 5.41) is 29.0. The van der Waals surface area contributed by atoms with E-state index < -0.39 is 17.2 Å². The van der Waals surface area contributed by atoms with Crippen LogP contribution in [0.15, 0.2) is 18.2 Å². The lowest BCUT2D eigenvalue weighted by Gasteiger charge is -2.30. The topological polar surface area (TPSA) is 87.0 Å². The quantitative estimate of drug-likeness (QED) is 0.790. The van der Waals surface area contributed by atoms with Crippen molar-refractivity contribution in [2.75, 3.05) is 0 Å². The zero-order valence-electron chi connectivity index (χ0n) is 11.9. The maximum absolute atomic E-state index is 10.9. The van der Waals surface area contributed by atoms with Gasteiger partial charge in [-0.1, -0.05) is 6.07 Å². The second kappa shape index (κ2) is 4.75. The molecule has 0 saturated carbocycles. The molecule has 1 aliphatic heterocycles. The van der Waals surface area contributed by atoms with Gasteiger partial charge in [0.1, 0.15) is 5.75 Å². The molecule has 0 aliphatic carbocycles. The summed E-state index contributed by atoms with van der Waals surface area (Å²) in [6.45, 7) is 5.22. The number of aromatic hydroxyl groups is 1. The lowest BCUT2D eigenvalue weighted by molar-refractivity contribution is -0.119. The van der Waals surface area contributed by atoms with Gasteiger partial charge in [0.15, 0.2) is 0 Å². The van der Waals surface area contributed by atoms with E-state index in [9.17, 15) is 15.0 Å². The van der Waals surface area contributed by atoms with E-state index in [1.165, 1.54) is 12.1 Å². The summed E-state index contributed by atoms with van der Waals surface area (Å²) in [4.78, 5) is 10.9. The first kappa shape index (κ1) is 14.8. The Labute approximate surface area is 117 Å². The van der Waals surface area contributed by atoms with Crippen molar-refractivity contribution in [1.82, 2.24) is 0 Å². The van der Waals surface area contributed by atoms with Crippen molar-refractivity contribution in [2.24, 2.45) is 0 Å². The van der Waals surface area contributed by atoms with Gasteiger partial charge in [0.2, 0.25) is 0 Å². The minimum Gasteiger partial charge on any atom is -0.508 e. The molecule has 0 radical (unpaired) electrons. The number of aliphatic hydroxyl groups is 1. The molecule has 20 heavy (non-hydrogen) atoms. The zero-order chi connectivity index (χ0) is 15.1. The van der Waals surface area contributed by atoms with Gasteiger partial charge in [0, 0.05) is 5.56 Å². The normalized spacial score (nSPS) is 26.7. The van der Waals surface area contributed by atoms with Crippen LogP contribution < -0.4 is 0 Å². The molecule has 0 bridgehead atoms. The number of carbonyl (C=O) groups is 1. The highest BCUT2D eigenvalue weighted by Gasteiger charge is 2.44. The van der Waals surface area contributed by atoms with Gasteiger partial charge >= 0.3 is 5.97 Å². The summed E-state index contributed by atoms with van der Waals surface area (Å²) in [7, 11) is 0. The van der Waals surface area contributed by atoms with E-state index in [2.05, 4.69) is 0 Å². The first-order valence-electron chi connectivity index (χ1n) is 6.60. The molecule has 1 heterocycles. The molecular weight excluding hydrogens is 260 g/mol. The first-order chi connectivity index (χ1) is 9.13. The third-order valence-corrected chi connectivity index (χ3v) is 3.89. The van der Waals surface area contributed by atoms with Crippen molar-refractivity contribution in [2.45, 2.75) is 50.9 Å². The SMILES string of the molecule is CC(C)(O)[C@H]1CC[C@](C)(c2ccc(C(=O)O)cc2O)O1. The van der Waals surface area contributed by atoms with Crippen molar-refractivity contribution in [3.63, 3.8) is 0 Å². The van der Waals surface area contributed by atoms with Crippen LogP contribution in [-0.4, -0.2) is 33.0 Å². The van der Waals surface area contributed by atoms with Crippen LogP contribution in [0.2, 0.25) is 0 Å². The van der Waals surface area contributed by atoms with Crippen molar-refractivity contribution < 1.29 is 24.9 Å². The third kappa shape index (κ3) is 2.64. The molecule has 110 valence electrons. The third-order valence-electron chi connectivity index (χ3n) is 3.89. The van der Waals surface area contributed by atoms with E-state index in [0.29, 0.717) is 18.4 Å². The Morgan fingerprint density at radius 1 is 1.45 bits per heavy atom. The monoisotopic (exact) mass is 280 g/mol. The molecule has 1 saturated heterocycles. The molecule has 0 unspecified atom stereocenters. The molecule has 2 atom stereocenters. The van der Waals surface area contributed by atoms with Gasteiger partial charge < -0.3 is 20.1 Å². The predicted molar refractivity (Wildman–Crippen MR) is 72.8 cm³/mol. The number of phenols is 1. The maximum Gasteiger partial charge on any atom is 0.335 e. The second-order valence-electron chi connectivity index (χ2n) is 6.07. The Morgan fingerprint density at radius 2 is 2.10 bits per heavy atom. The van der Waals surface area contributed by atoms with Crippen molar-refractivity contribution in [1.29, 1.82) is 0 Å². The number of hydrogen-bond donors (Lipinski definition) is 3. The number of rotatable bonds is 3. The van der Waals surface area contributed by atoms with Gasteiger partial charge in [0.05, 0.1) is 22.9 Å². The van der Waals surface area contributed by atoms with Crippen molar-refractivity contribution >= 4 is 5.97 Å². The van der Waals surface area contributed by atoms with Gasteiger partial charge in [0.25, 0.3) is 0 Å². The zero-order valence-corrected chi connectivity index (χ0v) is 11.9. The molecule has 0 aromatic heterocycles. The standard InChI is InChI=1S/C15H20O5/c1-14(2,19)12-6-7-15(3,20-12)10-5-4-9(13(17)18)8-11(10)16/h4-5,8,12,16,19H,6-7H2,1-3H3,(H,17,18)/t12-,15-/m1/s1. The Hall–Kier alpha value is -1.59. The minimum atomic E-state index is -1.08. The van der Waals surface area contributed by atoms with Crippen LogP contribution in [0.3, 0.4) is 0 Å². The van der Waals surface area contributed by atoms with Crippen LogP contribution in [0.25, 0.3) is 0 Å². The van der Waals surface area contributed by atoms with Crippen LogP contribution in [-0.2, 0) is 10.3 Å². The Bertz CT molecular complexity index is 532.